The van der Waals surface area contributed by atoms with Crippen LogP contribution in [-0.2, 0) is 9.59 Å². The van der Waals surface area contributed by atoms with Crippen LogP contribution in [0.1, 0.15) is 34.6 Å². The summed E-state index contributed by atoms with van der Waals surface area (Å²) in [7, 11) is 0. The third kappa shape index (κ3) is 5.32. The topological polar surface area (TPSA) is 133 Å². The Bertz CT molecular complexity index is 866. The van der Waals surface area contributed by atoms with Crippen molar-refractivity contribution in [2.24, 2.45) is 0 Å². The van der Waals surface area contributed by atoms with Crippen molar-refractivity contribution in [1.29, 1.82) is 0 Å². The first-order valence-corrected chi connectivity index (χ1v) is 8.46. The second-order valence-electron chi connectivity index (χ2n) is 5.50. The van der Waals surface area contributed by atoms with E-state index >= 15 is 0 Å². The van der Waals surface area contributed by atoms with E-state index in [-0.39, 0.29) is 22.9 Å². The molecule has 0 aliphatic rings. The summed E-state index contributed by atoms with van der Waals surface area (Å²) in [6.07, 6.45) is 0. The second-order valence-corrected chi connectivity index (χ2v) is 6.58. The lowest BCUT2D eigenvalue weighted by Crippen LogP contribution is -2.08. The van der Waals surface area contributed by atoms with E-state index in [1.165, 1.54) is 50.2 Å². The van der Waals surface area contributed by atoms with E-state index in [2.05, 4.69) is 10.6 Å². The fourth-order valence-electron chi connectivity index (χ4n) is 2.25. The number of benzene rings is 2. The largest absolute Gasteiger partial charge is 0.478 e. The van der Waals surface area contributed by atoms with E-state index in [9.17, 15) is 29.4 Å². The van der Waals surface area contributed by atoms with Gasteiger partial charge >= 0.3 is 11.9 Å². The standard InChI is InChI=1S/C18H16N2O6S/c1-9(21)19-11-3-5-15(13(7-11)17(23)24)27-16-6-4-12(20-10(2)22)8-14(16)18(25)26/h3-8H,1-2H3,(H,19,21)(H,20,22)(H,23,24)(H,25,26). The lowest BCUT2D eigenvalue weighted by molar-refractivity contribution is -0.115. The highest BCUT2D eigenvalue weighted by Crippen LogP contribution is 2.35. The smallest absolute Gasteiger partial charge is 0.336 e. The Morgan fingerprint density at radius 2 is 1.11 bits per heavy atom. The van der Waals surface area contributed by atoms with Gasteiger partial charge in [-0.25, -0.2) is 9.59 Å². The number of carbonyl (C=O) groups excluding carboxylic acids is 2. The van der Waals surface area contributed by atoms with Crippen LogP contribution in [0.2, 0.25) is 0 Å². The molecule has 0 heterocycles. The first-order chi connectivity index (χ1) is 12.7. The second kappa shape index (κ2) is 8.37. The maximum Gasteiger partial charge on any atom is 0.336 e. The molecule has 0 unspecified atom stereocenters. The number of nitrogens with one attached hydrogen (secondary N) is 2. The molecule has 0 spiro atoms. The molecular weight excluding hydrogens is 372 g/mol. The third-order valence-corrected chi connectivity index (χ3v) is 4.43. The average Bonchev–Trinajstić information content (AvgIpc) is 2.56. The van der Waals surface area contributed by atoms with Crippen molar-refractivity contribution in [2.45, 2.75) is 23.6 Å². The molecule has 8 nitrogen and oxygen atoms in total. The van der Waals surface area contributed by atoms with Gasteiger partial charge in [-0.15, -0.1) is 0 Å². The first kappa shape index (κ1) is 20.0. The maximum absolute atomic E-state index is 11.6. The fourth-order valence-corrected chi connectivity index (χ4v) is 3.27. The third-order valence-electron chi connectivity index (χ3n) is 3.28. The molecule has 0 bridgehead atoms. The lowest BCUT2D eigenvalue weighted by atomic mass is 10.2. The van der Waals surface area contributed by atoms with Crippen molar-refractivity contribution in [2.75, 3.05) is 10.6 Å². The summed E-state index contributed by atoms with van der Waals surface area (Å²) in [5.41, 5.74) is 0.495. The van der Waals surface area contributed by atoms with Gasteiger partial charge in [0.15, 0.2) is 0 Å². The Kier molecular flexibility index (Phi) is 6.19. The van der Waals surface area contributed by atoms with Crippen LogP contribution in [-0.4, -0.2) is 34.0 Å². The minimum atomic E-state index is -1.21. The van der Waals surface area contributed by atoms with Gasteiger partial charge in [0.25, 0.3) is 0 Å². The molecule has 2 rings (SSSR count). The number of carboxylic acid groups (broad SMARTS) is 2. The Morgan fingerprint density at radius 3 is 1.41 bits per heavy atom. The van der Waals surface area contributed by atoms with Crippen molar-refractivity contribution in [1.82, 2.24) is 0 Å². The molecule has 2 aromatic carbocycles. The van der Waals surface area contributed by atoms with Gasteiger partial charge < -0.3 is 20.8 Å². The molecule has 0 saturated carbocycles. The van der Waals surface area contributed by atoms with Gasteiger partial charge in [0.05, 0.1) is 11.1 Å². The predicted octanol–water partition coefficient (Wildman–Crippen LogP) is 3.15. The van der Waals surface area contributed by atoms with Gasteiger partial charge in [-0.1, -0.05) is 11.8 Å². The van der Waals surface area contributed by atoms with E-state index < -0.39 is 11.9 Å². The molecule has 140 valence electrons. The Hall–Kier alpha value is -3.33. The summed E-state index contributed by atoms with van der Waals surface area (Å²) in [5.74, 6) is -3.10. The quantitative estimate of drug-likeness (QED) is 0.597. The highest BCUT2D eigenvalue weighted by atomic mass is 32.2. The monoisotopic (exact) mass is 388 g/mol. The Labute approximate surface area is 158 Å². The number of hydrogen-bond donors (Lipinski definition) is 4. The van der Waals surface area contributed by atoms with E-state index in [1.54, 1.807) is 0 Å². The number of amides is 2. The van der Waals surface area contributed by atoms with E-state index in [0.717, 1.165) is 11.8 Å². The molecule has 0 saturated heterocycles. The van der Waals surface area contributed by atoms with Gasteiger partial charge in [0, 0.05) is 35.0 Å². The molecular formula is C18H16N2O6S. The normalized spacial score (nSPS) is 10.1. The average molecular weight is 388 g/mol. The molecule has 0 fully saturated rings. The van der Waals surface area contributed by atoms with Crippen molar-refractivity contribution >= 4 is 46.9 Å². The van der Waals surface area contributed by atoms with Crippen LogP contribution in [0.15, 0.2) is 46.2 Å². The molecule has 0 radical (unpaired) electrons. The molecule has 0 aliphatic heterocycles. The SMILES string of the molecule is CC(=O)Nc1ccc(Sc2ccc(NC(C)=O)cc2C(=O)O)c(C(=O)O)c1. The Morgan fingerprint density at radius 1 is 0.741 bits per heavy atom. The van der Waals surface area contributed by atoms with Crippen molar-refractivity contribution in [3.05, 3.63) is 47.5 Å². The summed E-state index contributed by atoms with van der Waals surface area (Å²) in [6.45, 7) is 2.61. The van der Waals surface area contributed by atoms with E-state index in [4.69, 9.17) is 0 Å². The number of carbonyl (C=O) groups is 4. The molecule has 4 N–H and O–H groups in total. The number of carboxylic acids is 2. The highest BCUT2D eigenvalue weighted by molar-refractivity contribution is 7.99. The number of aromatic carboxylic acids is 2. The lowest BCUT2D eigenvalue weighted by Gasteiger charge is -2.12. The van der Waals surface area contributed by atoms with Crippen molar-refractivity contribution in [3.8, 4) is 0 Å². The molecule has 9 heteroatoms. The number of hydrogen-bond acceptors (Lipinski definition) is 5. The minimum Gasteiger partial charge on any atom is -0.478 e. The maximum atomic E-state index is 11.6. The van der Waals surface area contributed by atoms with Gasteiger partial charge in [0.1, 0.15) is 0 Å². The summed E-state index contributed by atoms with van der Waals surface area (Å²) in [4.78, 5) is 46.0. The molecule has 2 aromatic rings. The molecule has 0 aliphatic carbocycles. The summed E-state index contributed by atoms with van der Waals surface area (Å²) < 4.78 is 0. The van der Waals surface area contributed by atoms with Gasteiger partial charge in [-0.3, -0.25) is 9.59 Å². The first-order valence-electron chi connectivity index (χ1n) is 7.65. The van der Waals surface area contributed by atoms with Crippen molar-refractivity contribution < 1.29 is 29.4 Å². The molecule has 0 aromatic heterocycles. The summed E-state index contributed by atoms with van der Waals surface area (Å²) >= 11 is 0.966. The number of rotatable bonds is 6. The predicted molar refractivity (Wildman–Crippen MR) is 99.5 cm³/mol. The molecule has 2 amide bonds. The zero-order valence-electron chi connectivity index (χ0n) is 14.4. The Balaban J connectivity index is 2.43. The van der Waals surface area contributed by atoms with Crippen LogP contribution in [0, 0.1) is 0 Å². The van der Waals surface area contributed by atoms with Crippen LogP contribution in [0.5, 0.6) is 0 Å². The van der Waals surface area contributed by atoms with Crippen LogP contribution in [0.4, 0.5) is 11.4 Å². The van der Waals surface area contributed by atoms with E-state index in [0.29, 0.717) is 21.2 Å². The van der Waals surface area contributed by atoms with Crippen LogP contribution in [0.3, 0.4) is 0 Å². The minimum absolute atomic E-state index is 0.0754. The zero-order valence-corrected chi connectivity index (χ0v) is 15.2. The van der Waals surface area contributed by atoms with Gasteiger partial charge in [-0.2, -0.15) is 0 Å². The van der Waals surface area contributed by atoms with E-state index in [1.807, 2.05) is 0 Å². The molecule has 27 heavy (non-hydrogen) atoms. The van der Waals surface area contributed by atoms with Crippen LogP contribution in [0.25, 0.3) is 0 Å². The van der Waals surface area contributed by atoms with Crippen molar-refractivity contribution in [3.63, 3.8) is 0 Å². The van der Waals surface area contributed by atoms with Crippen LogP contribution < -0.4 is 10.6 Å². The summed E-state index contributed by atoms with van der Waals surface area (Å²) in [6, 6.07) is 8.65. The van der Waals surface area contributed by atoms with Gasteiger partial charge in [0.2, 0.25) is 11.8 Å². The molecule has 0 atom stereocenters. The number of anilines is 2. The fraction of sp³-hybridized carbons (Fsp3) is 0.111. The summed E-state index contributed by atoms with van der Waals surface area (Å²) in [5, 5.41) is 23.9. The van der Waals surface area contributed by atoms with Crippen LogP contribution >= 0.6 is 11.8 Å². The zero-order chi connectivity index (χ0) is 20.1. The highest BCUT2D eigenvalue weighted by Gasteiger charge is 2.17. The van der Waals surface area contributed by atoms with Gasteiger partial charge in [-0.05, 0) is 36.4 Å².